The second-order valence-corrected chi connectivity index (χ2v) is 7.66. The molecular formula is C15H24N2O2S. The number of benzene rings is 1. The van der Waals surface area contributed by atoms with Crippen LogP contribution in [0, 0.1) is 12.8 Å². The molecule has 0 spiro atoms. The average molecular weight is 296 g/mol. The second-order valence-electron chi connectivity index (χ2n) is 5.80. The Bertz CT molecular complexity index is 569. The molecular weight excluding hydrogens is 272 g/mol. The van der Waals surface area contributed by atoms with E-state index in [9.17, 15) is 8.42 Å². The molecule has 0 heterocycles. The largest absolute Gasteiger partial charge is 0.382 e. The highest BCUT2D eigenvalue weighted by atomic mass is 32.2. The van der Waals surface area contributed by atoms with E-state index in [2.05, 4.69) is 17.0 Å². The van der Waals surface area contributed by atoms with Crippen LogP contribution >= 0.6 is 0 Å². The number of anilines is 1. The fourth-order valence-electron chi connectivity index (χ4n) is 2.89. The number of nitrogens with one attached hydrogen (secondary N) is 2. The summed E-state index contributed by atoms with van der Waals surface area (Å²) >= 11 is 0. The lowest BCUT2D eigenvalue weighted by molar-refractivity contribution is 0.358. The first kappa shape index (κ1) is 15.3. The van der Waals surface area contributed by atoms with E-state index < -0.39 is 10.0 Å². The Kier molecular flexibility index (Phi) is 4.70. The first-order valence-corrected chi connectivity index (χ1v) is 8.71. The van der Waals surface area contributed by atoms with Crippen LogP contribution < -0.4 is 10.0 Å². The van der Waals surface area contributed by atoms with Crippen LogP contribution in [-0.2, 0) is 10.0 Å². The van der Waals surface area contributed by atoms with Crippen LogP contribution in [-0.4, -0.2) is 21.5 Å². The molecule has 2 atom stereocenters. The number of hydrogen-bond donors (Lipinski definition) is 2. The number of sulfonamides is 1. The summed E-state index contributed by atoms with van der Waals surface area (Å²) < 4.78 is 26.3. The zero-order valence-corrected chi connectivity index (χ0v) is 13.3. The molecule has 1 aliphatic rings. The molecule has 0 amide bonds. The Labute approximate surface area is 122 Å². The van der Waals surface area contributed by atoms with Gasteiger partial charge < -0.3 is 5.32 Å². The predicted octanol–water partition coefficient (Wildman–Crippen LogP) is 2.89. The molecule has 0 bridgehead atoms. The predicted molar refractivity (Wildman–Crippen MR) is 82.5 cm³/mol. The summed E-state index contributed by atoms with van der Waals surface area (Å²) in [4.78, 5) is 0.355. The summed E-state index contributed by atoms with van der Waals surface area (Å²) in [6, 6.07) is 6.01. The fraction of sp³-hybridized carbons (Fsp3) is 0.600. The molecule has 2 unspecified atom stereocenters. The van der Waals surface area contributed by atoms with Gasteiger partial charge in [-0.3, -0.25) is 0 Å². The summed E-state index contributed by atoms with van der Waals surface area (Å²) in [5, 5.41) is 3.48. The number of aryl methyl sites for hydroxylation is 1. The van der Waals surface area contributed by atoms with E-state index in [1.165, 1.54) is 19.9 Å². The van der Waals surface area contributed by atoms with Gasteiger partial charge in [-0.2, -0.15) is 0 Å². The Hall–Kier alpha value is -1.07. The van der Waals surface area contributed by atoms with Crippen LogP contribution in [0.1, 0.15) is 38.2 Å². The molecule has 2 rings (SSSR count). The van der Waals surface area contributed by atoms with Crippen molar-refractivity contribution in [2.75, 3.05) is 12.4 Å². The van der Waals surface area contributed by atoms with Crippen molar-refractivity contribution >= 4 is 15.7 Å². The van der Waals surface area contributed by atoms with Crippen LogP contribution in [0.15, 0.2) is 23.1 Å². The van der Waals surface area contributed by atoms with Crippen LogP contribution in [0.4, 0.5) is 5.69 Å². The van der Waals surface area contributed by atoms with Gasteiger partial charge in [0, 0.05) is 11.7 Å². The van der Waals surface area contributed by atoms with Gasteiger partial charge in [-0.1, -0.05) is 25.8 Å². The van der Waals surface area contributed by atoms with Crippen molar-refractivity contribution in [2.24, 2.45) is 5.92 Å². The first-order chi connectivity index (χ1) is 9.42. The first-order valence-electron chi connectivity index (χ1n) is 7.23. The van der Waals surface area contributed by atoms with Crippen molar-refractivity contribution in [3.05, 3.63) is 23.8 Å². The van der Waals surface area contributed by atoms with Gasteiger partial charge in [-0.25, -0.2) is 13.1 Å². The third-order valence-corrected chi connectivity index (χ3v) is 5.61. The molecule has 20 heavy (non-hydrogen) atoms. The summed E-state index contributed by atoms with van der Waals surface area (Å²) in [6.07, 6.45) is 4.85. The van der Waals surface area contributed by atoms with Gasteiger partial charge in [0.1, 0.15) is 0 Å². The van der Waals surface area contributed by atoms with Gasteiger partial charge in [-0.05, 0) is 50.4 Å². The molecule has 0 aromatic heterocycles. The summed E-state index contributed by atoms with van der Waals surface area (Å²) in [6.45, 7) is 4.09. The van der Waals surface area contributed by atoms with E-state index in [4.69, 9.17) is 0 Å². The van der Waals surface area contributed by atoms with Crippen molar-refractivity contribution in [1.82, 2.24) is 4.72 Å². The lowest BCUT2D eigenvalue weighted by Crippen LogP contribution is -2.26. The smallest absolute Gasteiger partial charge is 0.240 e. The number of hydrogen-bond acceptors (Lipinski definition) is 3. The van der Waals surface area contributed by atoms with Crippen molar-refractivity contribution < 1.29 is 8.42 Å². The Morgan fingerprint density at radius 2 is 2.00 bits per heavy atom. The Morgan fingerprint density at radius 1 is 1.25 bits per heavy atom. The van der Waals surface area contributed by atoms with Gasteiger partial charge >= 0.3 is 0 Å². The lowest BCUT2D eigenvalue weighted by Gasteiger charge is -2.28. The molecule has 2 N–H and O–H groups in total. The van der Waals surface area contributed by atoms with E-state index in [-0.39, 0.29) is 0 Å². The van der Waals surface area contributed by atoms with Crippen molar-refractivity contribution in [1.29, 1.82) is 0 Å². The van der Waals surface area contributed by atoms with E-state index in [0.29, 0.717) is 10.9 Å². The average Bonchev–Trinajstić information content (AvgIpc) is 2.41. The molecule has 1 aliphatic carbocycles. The van der Waals surface area contributed by atoms with E-state index in [1.54, 1.807) is 6.07 Å². The minimum absolute atomic E-state index is 0.355. The SMILES string of the molecule is CNS(=O)(=O)c1cc(NC2CCCC(C)C2)ccc1C. The van der Waals surface area contributed by atoms with E-state index in [0.717, 1.165) is 30.0 Å². The Balaban J connectivity index is 2.19. The molecule has 112 valence electrons. The molecule has 4 nitrogen and oxygen atoms in total. The van der Waals surface area contributed by atoms with E-state index in [1.807, 2.05) is 19.1 Å². The van der Waals surface area contributed by atoms with Crippen molar-refractivity contribution in [3.63, 3.8) is 0 Å². The Morgan fingerprint density at radius 3 is 2.65 bits per heavy atom. The van der Waals surface area contributed by atoms with Crippen LogP contribution in [0.3, 0.4) is 0 Å². The quantitative estimate of drug-likeness (QED) is 0.898. The zero-order valence-electron chi connectivity index (χ0n) is 12.4. The third-order valence-electron chi connectivity index (χ3n) is 4.05. The van der Waals surface area contributed by atoms with E-state index >= 15 is 0 Å². The highest BCUT2D eigenvalue weighted by Crippen LogP contribution is 2.27. The minimum atomic E-state index is -3.39. The molecule has 1 aromatic rings. The maximum atomic E-state index is 12.0. The topological polar surface area (TPSA) is 58.2 Å². The van der Waals surface area contributed by atoms with Crippen LogP contribution in [0.2, 0.25) is 0 Å². The lowest BCUT2D eigenvalue weighted by atomic mass is 9.87. The zero-order chi connectivity index (χ0) is 14.8. The summed E-state index contributed by atoms with van der Waals surface area (Å²) in [5.41, 5.74) is 1.66. The van der Waals surface area contributed by atoms with Gasteiger partial charge in [0.15, 0.2) is 0 Å². The monoisotopic (exact) mass is 296 g/mol. The van der Waals surface area contributed by atoms with Gasteiger partial charge in [0.25, 0.3) is 0 Å². The maximum Gasteiger partial charge on any atom is 0.240 e. The third kappa shape index (κ3) is 3.52. The van der Waals surface area contributed by atoms with Gasteiger partial charge in [-0.15, -0.1) is 0 Å². The fourth-order valence-corrected chi connectivity index (χ4v) is 3.88. The molecule has 0 saturated heterocycles. The summed E-state index contributed by atoms with van der Waals surface area (Å²) in [7, 11) is -1.95. The number of rotatable bonds is 4. The molecule has 0 aliphatic heterocycles. The highest BCUT2D eigenvalue weighted by molar-refractivity contribution is 7.89. The minimum Gasteiger partial charge on any atom is -0.382 e. The molecule has 5 heteroatoms. The molecule has 0 radical (unpaired) electrons. The second kappa shape index (κ2) is 6.14. The van der Waals surface area contributed by atoms with Gasteiger partial charge in [0.2, 0.25) is 10.0 Å². The van der Waals surface area contributed by atoms with Crippen LogP contribution in [0.5, 0.6) is 0 Å². The maximum absolute atomic E-state index is 12.0. The van der Waals surface area contributed by atoms with Crippen molar-refractivity contribution in [3.8, 4) is 0 Å². The highest BCUT2D eigenvalue weighted by Gasteiger charge is 2.20. The normalized spacial score (nSPS) is 23.6. The molecule has 1 aromatic carbocycles. The standard InChI is InChI=1S/C15H24N2O2S/c1-11-5-4-6-13(9-11)17-14-8-7-12(2)15(10-14)20(18,19)16-3/h7-8,10-11,13,16-17H,4-6,9H2,1-3H3. The van der Waals surface area contributed by atoms with Gasteiger partial charge in [0.05, 0.1) is 4.90 Å². The summed E-state index contributed by atoms with van der Waals surface area (Å²) in [5.74, 6) is 0.743. The van der Waals surface area contributed by atoms with Crippen LogP contribution in [0.25, 0.3) is 0 Å². The van der Waals surface area contributed by atoms with Crippen molar-refractivity contribution in [2.45, 2.75) is 50.5 Å². The molecule has 1 fully saturated rings. The molecule has 1 saturated carbocycles.